The highest BCUT2D eigenvalue weighted by Gasteiger charge is 1.97. The molecule has 59 valence electrons. The second kappa shape index (κ2) is 3.81. The van der Waals surface area contributed by atoms with Crippen molar-refractivity contribution in [3.8, 4) is 0 Å². The Balaban J connectivity index is 2.29. The number of nitrogens with one attached hydrogen (secondary N) is 1. The number of rotatable bonds is 3. The fourth-order valence-corrected chi connectivity index (χ4v) is 0.687. The summed E-state index contributed by atoms with van der Waals surface area (Å²) in [6.07, 6.45) is 1.84. The van der Waals surface area contributed by atoms with Crippen LogP contribution in [0.2, 0.25) is 0 Å². The predicted octanol–water partition coefficient (Wildman–Crippen LogP) is 1.12. The van der Waals surface area contributed by atoms with Crippen LogP contribution in [0.15, 0.2) is 22.8 Å². The van der Waals surface area contributed by atoms with Crippen LogP contribution in [0.1, 0.15) is 12.2 Å². The van der Waals surface area contributed by atoms with Crippen molar-refractivity contribution in [2.75, 3.05) is 0 Å². The van der Waals surface area contributed by atoms with Gasteiger partial charge in [-0.3, -0.25) is 4.79 Å². The highest BCUT2D eigenvalue weighted by Crippen LogP contribution is 1.98. The maximum absolute atomic E-state index is 10.7. The van der Waals surface area contributed by atoms with Crippen molar-refractivity contribution in [3.05, 3.63) is 31.1 Å². The van der Waals surface area contributed by atoms with E-state index in [0.29, 0.717) is 6.54 Å². The average molecular weight is 152 g/mol. The Kier molecular flexibility index (Phi) is 2.72. The van der Waals surface area contributed by atoms with E-state index in [1.165, 1.54) is 0 Å². The van der Waals surface area contributed by atoms with Crippen molar-refractivity contribution < 1.29 is 9.21 Å². The molecule has 1 aromatic heterocycles. The van der Waals surface area contributed by atoms with Gasteiger partial charge in [-0.05, 0) is 19.1 Å². The Morgan fingerprint density at radius 2 is 2.55 bits per heavy atom. The molecule has 0 aliphatic rings. The van der Waals surface area contributed by atoms with Gasteiger partial charge in [0.1, 0.15) is 5.76 Å². The van der Waals surface area contributed by atoms with Gasteiger partial charge in [0.05, 0.1) is 12.8 Å². The fraction of sp³-hybridized carbons (Fsp3) is 0.250. The van der Waals surface area contributed by atoms with Crippen molar-refractivity contribution in [1.29, 1.82) is 0 Å². The van der Waals surface area contributed by atoms with Crippen molar-refractivity contribution in [2.45, 2.75) is 13.0 Å². The van der Waals surface area contributed by atoms with E-state index >= 15 is 0 Å². The van der Waals surface area contributed by atoms with E-state index in [9.17, 15) is 4.79 Å². The zero-order valence-corrected chi connectivity index (χ0v) is 6.17. The van der Waals surface area contributed by atoms with E-state index in [4.69, 9.17) is 4.42 Å². The molecule has 0 aliphatic carbocycles. The van der Waals surface area contributed by atoms with Crippen LogP contribution in [0.3, 0.4) is 0 Å². The molecule has 0 saturated heterocycles. The summed E-state index contributed by atoms with van der Waals surface area (Å²) >= 11 is 0. The van der Waals surface area contributed by atoms with E-state index < -0.39 is 0 Å². The smallest absolute Gasteiger partial charge is 0.220 e. The average Bonchev–Trinajstić information content (AvgIpc) is 2.52. The van der Waals surface area contributed by atoms with E-state index in [0.717, 1.165) is 5.76 Å². The second-order valence-electron chi connectivity index (χ2n) is 2.11. The maximum Gasteiger partial charge on any atom is 0.220 e. The molecule has 0 aromatic carbocycles. The fourth-order valence-electron chi connectivity index (χ4n) is 0.687. The summed E-state index contributed by atoms with van der Waals surface area (Å²) in [6.45, 7) is 3.89. The first-order valence-electron chi connectivity index (χ1n) is 3.41. The third-order valence-electron chi connectivity index (χ3n) is 1.27. The van der Waals surface area contributed by atoms with Crippen molar-refractivity contribution >= 4 is 5.91 Å². The molecule has 1 N–H and O–H groups in total. The molecule has 1 radical (unpaired) electrons. The third kappa shape index (κ3) is 2.45. The highest BCUT2D eigenvalue weighted by molar-refractivity contribution is 5.76. The lowest BCUT2D eigenvalue weighted by Gasteiger charge is -1.98. The first-order valence-corrected chi connectivity index (χ1v) is 3.41. The first-order chi connectivity index (χ1) is 5.33. The summed E-state index contributed by atoms with van der Waals surface area (Å²) in [5.74, 6) is 0.688. The van der Waals surface area contributed by atoms with Gasteiger partial charge in [-0.2, -0.15) is 0 Å². The first kappa shape index (κ1) is 7.85. The second-order valence-corrected chi connectivity index (χ2v) is 2.11. The summed E-state index contributed by atoms with van der Waals surface area (Å²) in [7, 11) is 0. The zero-order valence-electron chi connectivity index (χ0n) is 6.17. The van der Waals surface area contributed by atoms with Gasteiger partial charge in [-0.15, -0.1) is 0 Å². The van der Waals surface area contributed by atoms with Crippen LogP contribution in [0.5, 0.6) is 0 Å². The molecule has 3 nitrogen and oxygen atoms in total. The molecule has 0 atom stereocenters. The van der Waals surface area contributed by atoms with Crippen LogP contribution >= 0.6 is 0 Å². The Hall–Kier alpha value is -1.25. The van der Waals surface area contributed by atoms with Gasteiger partial charge in [-0.25, -0.2) is 0 Å². The topological polar surface area (TPSA) is 42.2 Å². The lowest BCUT2D eigenvalue weighted by atomic mass is 10.4. The van der Waals surface area contributed by atoms with E-state index in [-0.39, 0.29) is 12.3 Å². The number of furan rings is 1. The summed E-state index contributed by atoms with van der Waals surface area (Å²) in [5, 5.41) is 2.64. The van der Waals surface area contributed by atoms with Gasteiger partial charge in [0.15, 0.2) is 0 Å². The largest absolute Gasteiger partial charge is 0.467 e. The number of carbonyl (C=O) groups is 1. The Labute approximate surface area is 65.4 Å². The molecule has 11 heavy (non-hydrogen) atoms. The van der Waals surface area contributed by atoms with Crippen molar-refractivity contribution in [2.24, 2.45) is 0 Å². The van der Waals surface area contributed by atoms with Gasteiger partial charge >= 0.3 is 0 Å². The quantitative estimate of drug-likeness (QED) is 0.705. The van der Waals surface area contributed by atoms with Crippen LogP contribution < -0.4 is 5.32 Å². The van der Waals surface area contributed by atoms with E-state index in [1.54, 1.807) is 12.3 Å². The highest BCUT2D eigenvalue weighted by atomic mass is 16.3. The lowest BCUT2D eigenvalue weighted by molar-refractivity contribution is -0.120. The minimum absolute atomic E-state index is 0.0681. The van der Waals surface area contributed by atoms with Gasteiger partial charge in [0, 0.05) is 6.42 Å². The monoisotopic (exact) mass is 152 g/mol. The summed E-state index contributed by atoms with van der Waals surface area (Å²) in [6, 6.07) is 3.59. The molecular formula is C8H10NO2. The Bertz CT molecular complexity index is 216. The predicted molar refractivity (Wildman–Crippen MR) is 40.5 cm³/mol. The van der Waals surface area contributed by atoms with Gasteiger partial charge in [0.25, 0.3) is 0 Å². The number of hydrogen-bond acceptors (Lipinski definition) is 2. The normalized spacial score (nSPS) is 9.55. The molecule has 1 aromatic rings. The van der Waals surface area contributed by atoms with Gasteiger partial charge < -0.3 is 9.73 Å². The zero-order chi connectivity index (χ0) is 8.10. The van der Waals surface area contributed by atoms with Crippen LogP contribution in [0, 0.1) is 6.92 Å². The number of hydrogen-bond donors (Lipinski definition) is 1. The van der Waals surface area contributed by atoms with Crippen LogP contribution in [-0.4, -0.2) is 5.91 Å². The molecule has 1 amide bonds. The van der Waals surface area contributed by atoms with Crippen molar-refractivity contribution in [1.82, 2.24) is 5.32 Å². The van der Waals surface area contributed by atoms with Gasteiger partial charge in [0.2, 0.25) is 5.91 Å². The Morgan fingerprint density at radius 3 is 3.09 bits per heavy atom. The SMILES string of the molecule is [CH2]CC(=O)NCc1ccco1. The minimum atomic E-state index is -0.0681. The molecular weight excluding hydrogens is 142 g/mol. The molecule has 1 rings (SSSR count). The van der Waals surface area contributed by atoms with Crippen LogP contribution in [-0.2, 0) is 11.3 Å². The van der Waals surface area contributed by atoms with E-state index in [2.05, 4.69) is 12.2 Å². The minimum Gasteiger partial charge on any atom is -0.467 e. The molecule has 1 heterocycles. The molecule has 0 unspecified atom stereocenters. The lowest BCUT2D eigenvalue weighted by Crippen LogP contribution is -2.21. The standard InChI is InChI=1S/C8H10NO2/c1-2-8(10)9-6-7-4-3-5-11-7/h3-5H,1-2,6H2,(H,9,10). The molecule has 0 saturated carbocycles. The molecule has 0 aliphatic heterocycles. The summed E-state index contributed by atoms with van der Waals surface area (Å²) in [4.78, 5) is 10.7. The number of carbonyl (C=O) groups excluding carboxylic acids is 1. The molecule has 0 spiro atoms. The summed E-state index contributed by atoms with van der Waals surface area (Å²) in [5.41, 5.74) is 0. The summed E-state index contributed by atoms with van der Waals surface area (Å²) < 4.78 is 4.99. The maximum atomic E-state index is 10.7. The van der Waals surface area contributed by atoms with Crippen LogP contribution in [0.25, 0.3) is 0 Å². The molecule has 3 heteroatoms. The molecule has 0 fully saturated rings. The van der Waals surface area contributed by atoms with Crippen molar-refractivity contribution in [3.63, 3.8) is 0 Å². The van der Waals surface area contributed by atoms with E-state index in [1.807, 2.05) is 6.07 Å². The van der Waals surface area contributed by atoms with Gasteiger partial charge in [-0.1, -0.05) is 0 Å². The number of amides is 1. The molecule has 0 bridgehead atoms. The third-order valence-corrected chi connectivity index (χ3v) is 1.27. The Morgan fingerprint density at radius 1 is 1.73 bits per heavy atom. The van der Waals surface area contributed by atoms with Crippen LogP contribution in [0.4, 0.5) is 0 Å².